The molecule has 0 spiro atoms. The standard InChI is InChI=1S/C31H37F4N3O8/c1-18(2)14-36(29(43)46-30(3,4)5)15-20-12-21-22(38(20)28(41)42)13-23(45-17-19-10-8-7-9-11-19)26(25(21)32)37(16-24(39)44-6)27(40)31(33,34)35/h7-11,13,18,20H,12,14-17H2,1-6H3,(H,41,42)/t20-/m0/s1. The first kappa shape index (κ1) is 35.9. The van der Waals surface area contributed by atoms with Gasteiger partial charge in [0, 0.05) is 31.1 Å². The molecule has 2 aromatic rings. The fourth-order valence-electron chi connectivity index (χ4n) is 4.92. The van der Waals surface area contributed by atoms with Gasteiger partial charge in [0.25, 0.3) is 0 Å². The number of hydrogen-bond acceptors (Lipinski definition) is 7. The summed E-state index contributed by atoms with van der Waals surface area (Å²) in [6.45, 7) is 6.89. The summed E-state index contributed by atoms with van der Waals surface area (Å²) in [7, 11) is 0.882. The summed E-state index contributed by atoms with van der Waals surface area (Å²) < 4.78 is 73.5. The molecule has 1 atom stereocenters. The van der Waals surface area contributed by atoms with Crippen molar-refractivity contribution in [2.45, 2.75) is 65.5 Å². The van der Waals surface area contributed by atoms with Crippen LogP contribution >= 0.6 is 0 Å². The molecule has 0 fully saturated rings. The molecule has 15 heteroatoms. The van der Waals surface area contributed by atoms with Crippen molar-refractivity contribution < 1.29 is 56.1 Å². The van der Waals surface area contributed by atoms with Gasteiger partial charge in [0.1, 0.15) is 30.2 Å². The first-order valence-corrected chi connectivity index (χ1v) is 14.3. The number of esters is 1. The summed E-state index contributed by atoms with van der Waals surface area (Å²) in [6.07, 6.45) is -8.19. The predicted molar refractivity (Wildman–Crippen MR) is 158 cm³/mol. The first-order chi connectivity index (χ1) is 21.3. The van der Waals surface area contributed by atoms with Gasteiger partial charge in [-0.2, -0.15) is 13.2 Å². The monoisotopic (exact) mass is 655 g/mol. The molecule has 0 radical (unpaired) electrons. The lowest BCUT2D eigenvalue weighted by Crippen LogP contribution is -2.48. The molecule has 0 saturated carbocycles. The van der Waals surface area contributed by atoms with Crippen LogP contribution in [-0.2, 0) is 32.1 Å². The predicted octanol–water partition coefficient (Wildman–Crippen LogP) is 5.78. The van der Waals surface area contributed by atoms with Crippen LogP contribution in [0.4, 0.5) is 38.5 Å². The highest BCUT2D eigenvalue weighted by Gasteiger charge is 2.47. The van der Waals surface area contributed by atoms with Crippen LogP contribution < -0.4 is 14.5 Å². The van der Waals surface area contributed by atoms with Crippen molar-refractivity contribution in [3.8, 4) is 5.75 Å². The Hall–Kier alpha value is -4.56. The highest BCUT2D eigenvalue weighted by molar-refractivity contribution is 6.03. The van der Waals surface area contributed by atoms with Crippen molar-refractivity contribution in [2.24, 2.45) is 5.92 Å². The fourth-order valence-corrected chi connectivity index (χ4v) is 4.92. The Kier molecular flexibility index (Phi) is 11.1. The Balaban J connectivity index is 2.18. The van der Waals surface area contributed by atoms with E-state index in [1.807, 2.05) is 13.8 Å². The van der Waals surface area contributed by atoms with Crippen molar-refractivity contribution in [3.05, 3.63) is 53.3 Å². The summed E-state index contributed by atoms with van der Waals surface area (Å²) in [5.41, 5.74) is -1.98. The molecule has 0 saturated heterocycles. The van der Waals surface area contributed by atoms with E-state index in [0.717, 1.165) is 18.1 Å². The quantitative estimate of drug-likeness (QED) is 0.253. The molecule has 1 N–H and O–H groups in total. The Labute approximate surface area is 263 Å². The second-order valence-corrected chi connectivity index (χ2v) is 12.1. The molecule has 3 rings (SSSR count). The number of carbonyl (C=O) groups excluding carboxylic acids is 3. The molecule has 1 aliphatic heterocycles. The van der Waals surface area contributed by atoms with Gasteiger partial charge in [-0.25, -0.2) is 14.0 Å². The number of carboxylic acid groups (broad SMARTS) is 1. The Morgan fingerprint density at radius 2 is 1.72 bits per heavy atom. The molecule has 252 valence electrons. The topological polar surface area (TPSA) is 126 Å². The smallest absolute Gasteiger partial charge is 0.471 e. The number of fused-ring (bicyclic) bond motifs is 1. The molecule has 2 aromatic carbocycles. The number of rotatable bonds is 10. The second kappa shape index (κ2) is 14.3. The lowest BCUT2D eigenvalue weighted by atomic mass is 10.1. The fraction of sp³-hybridized carbons (Fsp3) is 0.484. The second-order valence-electron chi connectivity index (χ2n) is 12.1. The van der Waals surface area contributed by atoms with Crippen molar-refractivity contribution >= 4 is 35.4 Å². The van der Waals surface area contributed by atoms with Gasteiger partial charge in [0.15, 0.2) is 5.82 Å². The van der Waals surface area contributed by atoms with Crippen LogP contribution in [0.15, 0.2) is 36.4 Å². The number of hydrogen-bond donors (Lipinski definition) is 1. The normalized spacial score (nSPS) is 14.5. The van der Waals surface area contributed by atoms with Gasteiger partial charge in [0.2, 0.25) is 0 Å². The maximum atomic E-state index is 16.5. The third-order valence-electron chi connectivity index (χ3n) is 6.73. The van der Waals surface area contributed by atoms with Gasteiger partial charge in [-0.3, -0.25) is 19.4 Å². The van der Waals surface area contributed by atoms with Gasteiger partial charge in [0.05, 0.1) is 18.8 Å². The van der Waals surface area contributed by atoms with Crippen molar-refractivity contribution in [3.63, 3.8) is 0 Å². The number of alkyl halides is 3. The Morgan fingerprint density at radius 3 is 2.24 bits per heavy atom. The molecule has 0 aliphatic carbocycles. The average molecular weight is 656 g/mol. The summed E-state index contributed by atoms with van der Waals surface area (Å²) in [5.74, 6) is -5.95. The van der Waals surface area contributed by atoms with E-state index in [4.69, 9.17) is 9.47 Å². The minimum atomic E-state index is -5.53. The summed E-state index contributed by atoms with van der Waals surface area (Å²) >= 11 is 0. The van der Waals surface area contributed by atoms with Crippen molar-refractivity contribution in [2.75, 3.05) is 36.5 Å². The largest absolute Gasteiger partial charge is 0.487 e. The molecule has 3 amide bonds. The summed E-state index contributed by atoms with van der Waals surface area (Å²) in [4.78, 5) is 52.3. The lowest BCUT2D eigenvalue weighted by Gasteiger charge is -2.32. The molecule has 0 aromatic heterocycles. The van der Waals surface area contributed by atoms with Crippen molar-refractivity contribution in [1.29, 1.82) is 0 Å². The third-order valence-corrected chi connectivity index (χ3v) is 6.73. The highest BCUT2D eigenvalue weighted by atomic mass is 19.4. The van der Waals surface area contributed by atoms with Crippen LogP contribution in [0.2, 0.25) is 0 Å². The van der Waals surface area contributed by atoms with Crippen LogP contribution in [0.5, 0.6) is 5.75 Å². The summed E-state index contributed by atoms with van der Waals surface area (Å²) in [5, 5.41) is 10.2. The molecule has 0 unspecified atom stereocenters. The molecular weight excluding hydrogens is 618 g/mol. The van der Waals surface area contributed by atoms with Crippen LogP contribution in [0.25, 0.3) is 0 Å². The van der Waals surface area contributed by atoms with Gasteiger partial charge in [-0.05, 0) is 32.3 Å². The zero-order chi connectivity index (χ0) is 34.6. The molecule has 46 heavy (non-hydrogen) atoms. The molecule has 0 bridgehead atoms. The van der Waals surface area contributed by atoms with Crippen molar-refractivity contribution in [1.82, 2.24) is 4.90 Å². The minimum absolute atomic E-state index is 0.0730. The molecule has 1 heterocycles. The minimum Gasteiger partial charge on any atom is -0.487 e. The molecular formula is C31H37F4N3O8. The highest BCUT2D eigenvalue weighted by Crippen LogP contribution is 2.45. The molecule has 11 nitrogen and oxygen atoms in total. The van der Waals surface area contributed by atoms with Gasteiger partial charge < -0.3 is 24.2 Å². The van der Waals surface area contributed by atoms with E-state index in [9.17, 15) is 37.5 Å². The Morgan fingerprint density at radius 1 is 1.09 bits per heavy atom. The maximum Gasteiger partial charge on any atom is 0.471 e. The number of amides is 3. The first-order valence-electron chi connectivity index (χ1n) is 14.3. The zero-order valence-electron chi connectivity index (χ0n) is 26.3. The van der Waals surface area contributed by atoms with Gasteiger partial charge in [-0.1, -0.05) is 44.2 Å². The number of carbonyl (C=O) groups is 4. The summed E-state index contributed by atoms with van der Waals surface area (Å²) in [6, 6.07) is 8.17. The lowest BCUT2D eigenvalue weighted by molar-refractivity contribution is -0.171. The van der Waals surface area contributed by atoms with E-state index in [-0.39, 0.29) is 48.2 Å². The van der Waals surface area contributed by atoms with E-state index in [0.29, 0.717) is 5.56 Å². The SMILES string of the molecule is COC(=O)CN(C(=O)C(F)(F)F)c1c(OCc2ccccc2)cc2c(c1F)C[C@@H](CN(CC(C)C)C(=O)OC(C)(C)C)N2C(=O)O. The van der Waals surface area contributed by atoms with Crippen LogP contribution in [0, 0.1) is 11.7 Å². The average Bonchev–Trinajstić information content (AvgIpc) is 3.31. The maximum absolute atomic E-state index is 16.5. The Bertz CT molecular complexity index is 1440. The molecule has 1 aliphatic rings. The number of methoxy groups -OCH3 is 1. The van der Waals surface area contributed by atoms with Crippen LogP contribution in [0.3, 0.4) is 0 Å². The number of anilines is 2. The van der Waals surface area contributed by atoms with E-state index in [2.05, 4.69) is 4.74 Å². The van der Waals surface area contributed by atoms with Gasteiger partial charge in [-0.15, -0.1) is 0 Å². The zero-order valence-corrected chi connectivity index (χ0v) is 26.3. The van der Waals surface area contributed by atoms with E-state index in [1.54, 1.807) is 51.1 Å². The third kappa shape index (κ3) is 8.79. The number of benzene rings is 2. The number of halogens is 4. The number of ether oxygens (including phenoxy) is 3. The van der Waals surface area contributed by atoms with E-state index in [1.165, 1.54) is 4.90 Å². The van der Waals surface area contributed by atoms with Gasteiger partial charge >= 0.3 is 30.2 Å². The van der Waals surface area contributed by atoms with E-state index >= 15 is 4.39 Å². The van der Waals surface area contributed by atoms with E-state index < -0.39 is 65.7 Å². The number of nitrogens with zero attached hydrogens (tertiary/aromatic N) is 3. The van der Waals surface area contributed by atoms with Crippen LogP contribution in [0.1, 0.15) is 45.7 Å². The van der Waals surface area contributed by atoms with Crippen LogP contribution in [-0.4, -0.2) is 78.6 Å².